The van der Waals surface area contributed by atoms with Crippen molar-refractivity contribution in [3.8, 4) is 0 Å². The third-order valence-corrected chi connectivity index (χ3v) is 5.15. The van der Waals surface area contributed by atoms with Gasteiger partial charge in [-0.2, -0.15) is 15.3 Å². The first kappa shape index (κ1) is 19.7. The maximum absolute atomic E-state index is 12.5. The molecule has 1 N–H and O–H groups in total. The number of nitrogens with zero attached hydrogens (tertiary/aromatic N) is 6. The van der Waals surface area contributed by atoms with Gasteiger partial charge in [0, 0.05) is 40.3 Å². The van der Waals surface area contributed by atoms with E-state index in [2.05, 4.69) is 36.5 Å². The summed E-state index contributed by atoms with van der Waals surface area (Å²) in [5.41, 5.74) is 1.04. The molecule has 0 radical (unpaired) electrons. The number of anilines is 1. The fraction of sp³-hybridized carbons (Fsp3) is 0.111. The summed E-state index contributed by atoms with van der Waals surface area (Å²) in [5, 5.41) is 16.6. The highest BCUT2D eigenvalue weighted by molar-refractivity contribution is 9.10. The number of carbonyl (C=O) groups excluding carboxylic acids is 1. The smallest absolute Gasteiger partial charge is 0.277 e. The van der Waals surface area contributed by atoms with Crippen LogP contribution in [0.5, 0.6) is 0 Å². The Bertz CT molecular complexity index is 1150. The number of carbonyl (C=O) groups is 1. The monoisotopic (exact) mass is 493 g/mol. The molecule has 0 atom stereocenters. The fourth-order valence-electron chi connectivity index (χ4n) is 2.67. The zero-order valence-corrected chi connectivity index (χ0v) is 17.9. The van der Waals surface area contributed by atoms with Crippen LogP contribution in [0.3, 0.4) is 0 Å². The Kier molecular flexibility index (Phi) is 5.70. The van der Waals surface area contributed by atoms with Gasteiger partial charge >= 0.3 is 0 Å². The second kappa shape index (κ2) is 8.40. The molecular weight excluding hydrogens is 481 g/mol. The first-order valence-corrected chi connectivity index (χ1v) is 10.0. The molecule has 0 saturated heterocycles. The van der Waals surface area contributed by atoms with E-state index in [0.717, 1.165) is 10.0 Å². The van der Waals surface area contributed by atoms with E-state index in [9.17, 15) is 4.79 Å². The van der Waals surface area contributed by atoms with E-state index in [1.807, 2.05) is 6.20 Å². The van der Waals surface area contributed by atoms with E-state index >= 15 is 0 Å². The first-order chi connectivity index (χ1) is 14.0. The summed E-state index contributed by atoms with van der Waals surface area (Å²) in [4.78, 5) is 12.5. The zero-order chi connectivity index (χ0) is 20.4. The fourth-order valence-corrected chi connectivity index (χ4v) is 3.51. The SMILES string of the molecule is O=C(Nc1ccn(Cc2c(Cl)cccc2Cl)n1)c1ccn(Cn2cc(Br)cn2)n1. The molecule has 0 bridgehead atoms. The minimum atomic E-state index is -0.355. The highest BCUT2D eigenvalue weighted by Crippen LogP contribution is 2.25. The summed E-state index contributed by atoms with van der Waals surface area (Å²) in [6.45, 7) is 0.786. The van der Waals surface area contributed by atoms with Crippen molar-refractivity contribution >= 4 is 50.9 Å². The highest BCUT2D eigenvalue weighted by atomic mass is 79.9. The second-order valence-corrected chi connectivity index (χ2v) is 7.86. The van der Waals surface area contributed by atoms with Crippen LogP contribution < -0.4 is 5.32 Å². The third kappa shape index (κ3) is 4.69. The number of rotatable bonds is 6. The van der Waals surface area contributed by atoms with Crippen molar-refractivity contribution < 1.29 is 4.79 Å². The lowest BCUT2D eigenvalue weighted by atomic mass is 10.2. The summed E-state index contributed by atoms with van der Waals surface area (Å²) >= 11 is 15.7. The van der Waals surface area contributed by atoms with E-state index in [1.54, 1.807) is 63.0 Å². The van der Waals surface area contributed by atoms with Crippen molar-refractivity contribution in [2.75, 3.05) is 5.32 Å². The Morgan fingerprint density at radius 1 is 1.03 bits per heavy atom. The van der Waals surface area contributed by atoms with Gasteiger partial charge in [0.25, 0.3) is 5.91 Å². The van der Waals surface area contributed by atoms with Gasteiger partial charge in [-0.1, -0.05) is 29.3 Å². The van der Waals surface area contributed by atoms with Crippen LogP contribution in [0.2, 0.25) is 10.0 Å². The number of halogens is 3. The van der Waals surface area contributed by atoms with Gasteiger partial charge in [-0.15, -0.1) is 0 Å². The molecule has 0 spiro atoms. The van der Waals surface area contributed by atoms with Gasteiger partial charge in [-0.25, -0.2) is 4.68 Å². The van der Waals surface area contributed by atoms with Crippen molar-refractivity contribution in [1.82, 2.24) is 29.3 Å². The van der Waals surface area contributed by atoms with Gasteiger partial charge in [0.1, 0.15) is 6.67 Å². The molecule has 0 fully saturated rings. The van der Waals surface area contributed by atoms with Gasteiger partial charge in [0.2, 0.25) is 0 Å². The molecule has 0 aliphatic heterocycles. The Morgan fingerprint density at radius 2 is 1.79 bits per heavy atom. The minimum Gasteiger partial charge on any atom is -0.304 e. The molecule has 1 aromatic carbocycles. The van der Waals surface area contributed by atoms with Crippen LogP contribution in [-0.2, 0) is 13.2 Å². The van der Waals surface area contributed by atoms with Crippen LogP contribution in [-0.4, -0.2) is 35.2 Å². The van der Waals surface area contributed by atoms with E-state index in [1.165, 1.54) is 0 Å². The van der Waals surface area contributed by atoms with Crippen molar-refractivity contribution in [3.05, 3.63) is 80.9 Å². The lowest BCUT2D eigenvalue weighted by molar-refractivity contribution is 0.102. The van der Waals surface area contributed by atoms with Gasteiger partial charge < -0.3 is 5.32 Å². The highest BCUT2D eigenvalue weighted by Gasteiger charge is 2.13. The maximum atomic E-state index is 12.5. The van der Waals surface area contributed by atoms with Gasteiger partial charge in [0.15, 0.2) is 11.5 Å². The van der Waals surface area contributed by atoms with Gasteiger partial charge in [0.05, 0.1) is 17.2 Å². The number of amides is 1. The summed E-state index contributed by atoms with van der Waals surface area (Å²) in [7, 11) is 0. The Balaban J connectivity index is 1.40. The first-order valence-electron chi connectivity index (χ1n) is 8.47. The number of benzene rings is 1. The molecule has 0 aliphatic carbocycles. The van der Waals surface area contributed by atoms with Gasteiger partial charge in [-0.05, 0) is 34.1 Å². The predicted octanol–water partition coefficient (Wildman–Crippen LogP) is 4.15. The van der Waals surface area contributed by atoms with E-state index in [4.69, 9.17) is 23.2 Å². The molecule has 8 nitrogen and oxygen atoms in total. The average molecular weight is 495 g/mol. The standard InChI is InChI=1S/C18H14BrCl2N7O/c19-12-8-22-28(9-12)11-27-6-4-16(24-27)18(29)23-17-5-7-26(25-17)10-13-14(20)2-1-3-15(13)21/h1-9H,10-11H2,(H,23,25,29). The van der Waals surface area contributed by atoms with Crippen LogP contribution in [0.25, 0.3) is 0 Å². The average Bonchev–Trinajstić information content (AvgIpc) is 3.41. The Hall–Kier alpha value is -2.62. The normalized spacial score (nSPS) is 11.0. The molecule has 3 heterocycles. The lowest BCUT2D eigenvalue weighted by Gasteiger charge is -2.07. The molecule has 0 unspecified atom stereocenters. The van der Waals surface area contributed by atoms with Crippen molar-refractivity contribution in [2.45, 2.75) is 13.2 Å². The molecule has 3 aromatic heterocycles. The summed E-state index contributed by atoms with van der Waals surface area (Å²) in [5.74, 6) is 0.0511. The van der Waals surface area contributed by atoms with E-state index < -0.39 is 0 Å². The quantitative estimate of drug-likeness (QED) is 0.436. The van der Waals surface area contributed by atoms with Crippen LogP contribution in [0.15, 0.2) is 59.6 Å². The second-order valence-electron chi connectivity index (χ2n) is 6.13. The molecule has 1 amide bonds. The molecule has 4 rings (SSSR count). The topological polar surface area (TPSA) is 82.6 Å². The zero-order valence-electron chi connectivity index (χ0n) is 14.8. The number of aromatic nitrogens is 6. The lowest BCUT2D eigenvalue weighted by Crippen LogP contribution is -2.15. The largest absolute Gasteiger partial charge is 0.304 e. The molecule has 11 heteroatoms. The number of hydrogen-bond acceptors (Lipinski definition) is 4. The van der Waals surface area contributed by atoms with E-state index in [0.29, 0.717) is 29.1 Å². The molecule has 4 aromatic rings. The van der Waals surface area contributed by atoms with Crippen LogP contribution in [0.4, 0.5) is 5.82 Å². The predicted molar refractivity (Wildman–Crippen MR) is 113 cm³/mol. The third-order valence-electron chi connectivity index (χ3n) is 4.03. The summed E-state index contributed by atoms with van der Waals surface area (Å²) in [6, 6.07) is 8.66. The molecule has 0 saturated carbocycles. The number of nitrogens with one attached hydrogen (secondary N) is 1. The molecule has 148 valence electrons. The Labute approximate surface area is 184 Å². The Morgan fingerprint density at radius 3 is 2.52 bits per heavy atom. The molecule has 29 heavy (non-hydrogen) atoms. The van der Waals surface area contributed by atoms with Crippen LogP contribution in [0.1, 0.15) is 16.1 Å². The molecular formula is C18H14BrCl2N7O. The minimum absolute atomic E-state index is 0.278. The van der Waals surface area contributed by atoms with E-state index in [-0.39, 0.29) is 11.6 Å². The summed E-state index contributed by atoms with van der Waals surface area (Å²) < 4.78 is 5.83. The van der Waals surface area contributed by atoms with Gasteiger partial charge in [-0.3, -0.25) is 14.2 Å². The maximum Gasteiger partial charge on any atom is 0.277 e. The van der Waals surface area contributed by atoms with Crippen LogP contribution in [0, 0.1) is 0 Å². The van der Waals surface area contributed by atoms with Crippen LogP contribution >= 0.6 is 39.1 Å². The molecule has 0 aliphatic rings. The van der Waals surface area contributed by atoms with Crippen molar-refractivity contribution in [1.29, 1.82) is 0 Å². The van der Waals surface area contributed by atoms with Crippen molar-refractivity contribution in [3.63, 3.8) is 0 Å². The number of hydrogen-bond donors (Lipinski definition) is 1. The van der Waals surface area contributed by atoms with Crippen molar-refractivity contribution in [2.24, 2.45) is 0 Å². The summed E-state index contributed by atoms with van der Waals surface area (Å²) in [6.07, 6.45) is 6.95.